The summed E-state index contributed by atoms with van der Waals surface area (Å²) in [6.45, 7) is 1.79. The van der Waals surface area contributed by atoms with Gasteiger partial charge in [0.25, 0.3) is 5.91 Å². The number of carbonyl (C=O) groups excluding carboxylic acids is 1. The molecule has 0 saturated carbocycles. The first-order valence-electron chi connectivity index (χ1n) is 8.73. The number of rotatable bonds is 4. The number of hydrogen-bond acceptors (Lipinski definition) is 3. The topological polar surface area (TPSA) is 84.7 Å². The Morgan fingerprint density at radius 2 is 1.90 bits per heavy atom. The Hall–Kier alpha value is -3.25. The summed E-state index contributed by atoms with van der Waals surface area (Å²) in [5.74, 6) is 5.37. The standard InChI is InChI=1S/C22H16Cl2N4O/c1-14-20(22(26)29)27-28(19-11-10-17(23)13-18(19)24)21(14)16-8-6-15(7-9-16)5-3-2-4-12-25/h6-11,13H,2,4H2,1H3,(H2,26,29). The van der Waals surface area contributed by atoms with Crippen LogP contribution >= 0.6 is 23.2 Å². The number of aromatic nitrogens is 2. The molecule has 0 aliphatic rings. The lowest BCUT2D eigenvalue weighted by molar-refractivity contribution is 0.0994. The number of hydrogen-bond donors (Lipinski definition) is 1. The molecule has 0 atom stereocenters. The number of halogens is 2. The van der Waals surface area contributed by atoms with E-state index in [9.17, 15) is 4.79 Å². The monoisotopic (exact) mass is 422 g/mol. The maximum absolute atomic E-state index is 11.9. The van der Waals surface area contributed by atoms with E-state index >= 15 is 0 Å². The molecule has 2 N–H and O–H groups in total. The summed E-state index contributed by atoms with van der Waals surface area (Å²) >= 11 is 12.4. The zero-order valence-corrected chi connectivity index (χ0v) is 17.1. The Labute approximate surface area is 178 Å². The van der Waals surface area contributed by atoms with Crippen LogP contribution in [0.1, 0.15) is 34.5 Å². The van der Waals surface area contributed by atoms with Crippen molar-refractivity contribution in [3.05, 3.63) is 69.3 Å². The van der Waals surface area contributed by atoms with Gasteiger partial charge in [-0.05, 0) is 37.3 Å². The van der Waals surface area contributed by atoms with Gasteiger partial charge in [-0.3, -0.25) is 4.79 Å². The first kappa shape index (κ1) is 20.5. The lowest BCUT2D eigenvalue weighted by atomic mass is 10.0. The van der Waals surface area contributed by atoms with Crippen molar-refractivity contribution >= 4 is 29.1 Å². The normalized spacial score (nSPS) is 10.1. The van der Waals surface area contributed by atoms with E-state index in [2.05, 4.69) is 23.0 Å². The van der Waals surface area contributed by atoms with Gasteiger partial charge in [-0.25, -0.2) is 4.68 Å². The van der Waals surface area contributed by atoms with Crippen molar-refractivity contribution in [2.24, 2.45) is 5.73 Å². The van der Waals surface area contributed by atoms with Gasteiger partial charge in [0.2, 0.25) is 0 Å². The molecule has 2 aromatic carbocycles. The summed E-state index contributed by atoms with van der Waals surface area (Å²) in [5.41, 5.74) is 9.28. The molecule has 0 radical (unpaired) electrons. The highest BCUT2D eigenvalue weighted by atomic mass is 35.5. The van der Waals surface area contributed by atoms with Crippen molar-refractivity contribution < 1.29 is 4.79 Å². The van der Waals surface area contributed by atoms with E-state index in [4.69, 9.17) is 34.2 Å². The van der Waals surface area contributed by atoms with Crippen molar-refractivity contribution in [2.45, 2.75) is 19.8 Å². The molecule has 0 saturated heterocycles. The fourth-order valence-electron chi connectivity index (χ4n) is 2.89. The van der Waals surface area contributed by atoms with E-state index in [1.54, 1.807) is 29.8 Å². The fourth-order valence-corrected chi connectivity index (χ4v) is 3.38. The van der Waals surface area contributed by atoms with Crippen molar-refractivity contribution in [1.82, 2.24) is 9.78 Å². The summed E-state index contributed by atoms with van der Waals surface area (Å²) in [4.78, 5) is 11.9. The Balaban J connectivity index is 2.10. The number of nitrogens with two attached hydrogens (primary N) is 1. The SMILES string of the molecule is Cc1c(C(N)=O)nn(-c2ccc(Cl)cc2Cl)c1-c1ccc(C#CCCC#N)cc1. The Bertz CT molecular complexity index is 1180. The molecule has 0 aliphatic carbocycles. The molecular weight excluding hydrogens is 407 g/mol. The van der Waals surface area contributed by atoms with Crippen LogP contribution in [0.25, 0.3) is 16.9 Å². The summed E-state index contributed by atoms with van der Waals surface area (Å²) in [6.07, 6.45) is 0.933. The maximum Gasteiger partial charge on any atom is 0.269 e. The molecule has 144 valence electrons. The smallest absolute Gasteiger partial charge is 0.269 e. The lowest BCUT2D eigenvalue weighted by Gasteiger charge is -2.11. The number of unbranched alkanes of at least 4 members (excludes halogenated alkanes) is 1. The zero-order valence-electron chi connectivity index (χ0n) is 15.5. The number of carbonyl (C=O) groups is 1. The minimum atomic E-state index is -0.618. The van der Waals surface area contributed by atoms with Gasteiger partial charge in [0.1, 0.15) is 0 Å². The van der Waals surface area contributed by atoms with E-state index < -0.39 is 5.91 Å². The molecule has 0 bridgehead atoms. The molecule has 0 spiro atoms. The predicted octanol–water partition coefficient (Wildman–Crippen LogP) is 4.91. The fraction of sp³-hybridized carbons (Fsp3) is 0.136. The second kappa shape index (κ2) is 8.84. The molecule has 3 aromatic rings. The van der Waals surface area contributed by atoms with Crippen LogP contribution in [0.2, 0.25) is 10.0 Å². The molecule has 1 amide bonds. The zero-order chi connectivity index (χ0) is 21.0. The molecular formula is C22H16Cl2N4O. The van der Waals surface area contributed by atoms with Crippen molar-refractivity contribution in [1.29, 1.82) is 5.26 Å². The summed E-state index contributed by atoms with van der Waals surface area (Å²) in [6, 6.07) is 14.6. The van der Waals surface area contributed by atoms with E-state index in [-0.39, 0.29) is 5.69 Å². The quantitative estimate of drug-likeness (QED) is 0.478. The van der Waals surface area contributed by atoms with Gasteiger partial charge >= 0.3 is 0 Å². The molecule has 1 aromatic heterocycles. The number of amides is 1. The Morgan fingerprint density at radius 3 is 2.52 bits per heavy atom. The van der Waals surface area contributed by atoms with Gasteiger partial charge in [-0.15, -0.1) is 0 Å². The molecule has 0 unspecified atom stereocenters. The Kier molecular flexibility index (Phi) is 6.24. The van der Waals surface area contributed by atoms with E-state index in [0.717, 1.165) is 11.1 Å². The van der Waals surface area contributed by atoms with Gasteiger partial charge in [0.15, 0.2) is 5.69 Å². The maximum atomic E-state index is 11.9. The van der Waals surface area contributed by atoms with Crippen LogP contribution < -0.4 is 5.73 Å². The van der Waals surface area contributed by atoms with Crippen LogP contribution in [0.5, 0.6) is 0 Å². The number of benzene rings is 2. The highest BCUT2D eigenvalue weighted by Gasteiger charge is 2.21. The van der Waals surface area contributed by atoms with Crippen LogP contribution in [0, 0.1) is 30.1 Å². The second-order valence-electron chi connectivity index (χ2n) is 6.23. The highest BCUT2D eigenvalue weighted by Crippen LogP contribution is 2.32. The van der Waals surface area contributed by atoms with E-state index in [1.807, 2.05) is 24.3 Å². The van der Waals surface area contributed by atoms with E-state index in [0.29, 0.717) is 39.8 Å². The van der Waals surface area contributed by atoms with Crippen LogP contribution in [0.4, 0.5) is 0 Å². The predicted molar refractivity (Wildman–Crippen MR) is 114 cm³/mol. The van der Waals surface area contributed by atoms with Crippen LogP contribution in [-0.4, -0.2) is 15.7 Å². The molecule has 5 nitrogen and oxygen atoms in total. The second-order valence-corrected chi connectivity index (χ2v) is 7.07. The summed E-state index contributed by atoms with van der Waals surface area (Å²) in [7, 11) is 0. The van der Waals surface area contributed by atoms with Crippen LogP contribution in [-0.2, 0) is 0 Å². The Morgan fingerprint density at radius 1 is 1.17 bits per heavy atom. The molecule has 0 aliphatic heterocycles. The third-order valence-corrected chi connectivity index (χ3v) is 4.78. The third kappa shape index (κ3) is 4.43. The van der Waals surface area contributed by atoms with Gasteiger partial charge in [0.05, 0.1) is 22.5 Å². The molecule has 29 heavy (non-hydrogen) atoms. The van der Waals surface area contributed by atoms with E-state index in [1.165, 1.54) is 0 Å². The third-order valence-electron chi connectivity index (χ3n) is 4.25. The molecule has 7 heteroatoms. The van der Waals surface area contributed by atoms with Crippen LogP contribution in [0.15, 0.2) is 42.5 Å². The average Bonchev–Trinajstić information content (AvgIpc) is 3.03. The molecule has 0 fully saturated rings. The van der Waals surface area contributed by atoms with Gasteiger partial charge in [0, 0.05) is 34.6 Å². The van der Waals surface area contributed by atoms with Crippen molar-refractivity contribution in [3.8, 4) is 34.9 Å². The average molecular weight is 423 g/mol. The first-order chi connectivity index (χ1) is 13.9. The minimum Gasteiger partial charge on any atom is -0.364 e. The first-order valence-corrected chi connectivity index (χ1v) is 9.49. The molecule has 3 rings (SSSR count). The van der Waals surface area contributed by atoms with Crippen LogP contribution in [0.3, 0.4) is 0 Å². The van der Waals surface area contributed by atoms with Gasteiger partial charge in [-0.1, -0.05) is 47.2 Å². The van der Waals surface area contributed by atoms with Gasteiger partial charge in [-0.2, -0.15) is 10.4 Å². The lowest BCUT2D eigenvalue weighted by Crippen LogP contribution is -2.13. The molecule has 1 heterocycles. The minimum absolute atomic E-state index is 0.173. The summed E-state index contributed by atoms with van der Waals surface area (Å²) < 4.78 is 1.60. The largest absolute Gasteiger partial charge is 0.364 e. The van der Waals surface area contributed by atoms with Gasteiger partial charge < -0.3 is 5.73 Å². The van der Waals surface area contributed by atoms with Crippen molar-refractivity contribution in [2.75, 3.05) is 0 Å². The highest BCUT2D eigenvalue weighted by molar-refractivity contribution is 6.35. The van der Waals surface area contributed by atoms with Crippen molar-refractivity contribution in [3.63, 3.8) is 0 Å². The number of primary amides is 1. The number of nitrogens with zero attached hydrogens (tertiary/aromatic N) is 3. The number of nitriles is 1. The summed E-state index contributed by atoms with van der Waals surface area (Å²) in [5, 5.41) is 13.9.